The predicted octanol–water partition coefficient (Wildman–Crippen LogP) is 1.49. The number of hydrogen-bond acceptors (Lipinski definition) is 3. The van der Waals surface area contributed by atoms with Gasteiger partial charge < -0.3 is 4.90 Å². The summed E-state index contributed by atoms with van der Waals surface area (Å²) in [4.78, 5) is 2.57. The number of hydrazine groups is 1. The maximum atomic E-state index is 5.72. The summed E-state index contributed by atoms with van der Waals surface area (Å²) in [7, 11) is 2.28. The van der Waals surface area contributed by atoms with Crippen molar-refractivity contribution < 1.29 is 0 Å². The van der Waals surface area contributed by atoms with Gasteiger partial charge in [-0.2, -0.15) is 0 Å². The first-order valence-electron chi connectivity index (χ1n) is 6.87. The van der Waals surface area contributed by atoms with Gasteiger partial charge in [-0.15, -0.1) is 12.3 Å². The van der Waals surface area contributed by atoms with Crippen molar-refractivity contribution in [1.29, 1.82) is 0 Å². The minimum absolute atomic E-state index is 0.458. The second kappa shape index (κ2) is 5.86. The Morgan fingerprint density at radius 3 is 2.59 bits per heavy atom. The van der Waals surface area contributed by atoms with Gasteiger partial charge in [-0.05, 0) is 51.5 Å². The van der Waals surface area contributed by atoms with Gasteiger partial charge >= 0.3 is 0 Å². The average molecular weight is 235 g/mol. The lowest BCUT2D eigenvalue weighted by atomic mass is 9.83. The first-order valence-corrected chi connectivity index (χ1v) is 6.87. The van der Waals surface area contributed by atoms with Crippen LogP contribution in [0.5, 0.6) is 0 Å². The summed E-state index contributed by atoms with van der Waals surface area (Å²) >= 11 is 0. The molecule has 3 heteroatoms. The number of nitrogens with zero attached hydrogens (tertiary/aromatic N) is 1. The molecule has 2 aliphatic rings. The van der Waals surface area contributed by atoms with Gasteiger partial charge in [-0.25, -0.2) is 0 Å². The minimum Gasteiger partial charge on any atom is -0.300 e. The molecule has 0 aromatic heterocycles. The van der Waals surface area contributed by atoms with E-state index in [9.17, 15) is 0 Å². The molecule has 17 heavy (non-hydrogen) atoms. The molecule has 3 unspecified atom stereocenters. The van der Waals surface area contributed by atoms with Gasteiger partial charge in [0.15, 0.2) is 0 Å². The smallest absolute Gasteiger partial charge is 0.0240 e. The summed E-state index contributed by atoms with van der Waals surface area (Å²) in [5, 5.41) is 0. The number of nitrogens with two attached hydrogens (primary N) is 1. The first-order chi connectivity index (χ1) is 8.26. The molecule has 0 saturated carbocycles. The van der Waals surface area contributed by atoms with Crippen LogP contribution in [0.2, 0.25) is 0 Å². The molecule has 0 aromatic rings. The van der Waals surface area contributed by atoms with Gasteiger partial charge in [0.1, 0.15) is 0 Å². The van der Waals surface area contributed by atoms with Crippen LogP contribution in [0.25, 0.3) is 0 Å². The van der Waals surface area contributed by atoms with Crippen LogP contribution >= 0.6 is 0 Å². The maximum absolute atomic E-state index is 5.72. The largest absolute Gasteiger partial charge is 0.300 e. The van der Waals surface area contributed by atoms with E-state index in [1.165, 1.54) is 25.7 Å². The van der Waals surface area contributed by atoms with Gasteiger partial charge in [0, 0.05) is 24.5 Å². The van der Waals surface area contributed by atoms with Crippen molar-refractivity contribution in [2.24, 2.45) is 11.8 Å². The Morgan fingerprint density at radius 1 is 1.41 bits per heavy atom. The summed E-state index contributed by atoms with van der Waals surface area (Å²) in [5.74, 6) is 9.17. The van der Waals surface area contributed by atoms with Crippen molar-refractivity contribution in [3.63, 3.8) is 0 Å². The van der Waals surface area contributed by atoms with E-state index in [4.69, 9.17) is 12.3 Å². The monoisotopic (exact) mass is 235 g/mol. The van der Waals surface area contributed by atoms with Crippen LogP contribution in [0.1, 0.15) is 44.9 Å². The van der Waals surface area contributed by atoms with Crippen LogP contribution in [-0.2, 0) is 0 Å². The molecule has 2 aliphatic heterocycles. The van der Waals surface area contributed by atoms with Crippen LogP contribution < -0.4 is 11.3 Å². The Labute approximate surface area is 105 Å². The molecule has 0 radical (unpaired) electrons. The molecular weight excluding hydrogens is 210 g/mol. The Hall–Kier alpha value is -0.560. The van der Waals surface area contributed by atoms with Crippen LogP contribution in [0.4, 0.5) is 0 Å². The van der Waals surface area contributed by atoms with Crippen molar-refractivity contribution in [3.8, 4) is 12.3 Å². The molecule has 0 aliphatic carbocycles. The van der Waals surface area contributed by atoms with Gasteiger partial charge in [0.05, 0.1) is 0 Å². The summed E-state index contributed by atoms with van der Waals surface area (Å²) < 4.78 is 0. The molecule has 96 valence electrons. The fourth-order valence-electron chi connectivity index (χ4n) is 3.66. The van der Waals surface area contributed by atoms with E-state index in [1.54, 1.807) is 0 Å². The molecule has 2 fully saturated rings. The number of fused-ring (bicyclic) bond motifs is 2. The average Bonchev–Trinajstić information content (AvgIpc) is 2.56. The van der Waals surface area contributed by atoms with Gasteiger partial charge in [-0.1, -0.05) is 0 Å². The maximum Gasteiger partial charge on any atom is 0.0240 e. The van der Waals surface area contributed by atoms with Crippen molar-refractivity contribution in [1.82, 2.24) is 10.3 Å². The molecule has 2 rings (SSSR count). The van der Waals surface area contributed by atoms with E-state index in [-0.39, 0.29) is 0 Å². The third-order valence-corrected chi connectivity index (χ3v) is 4.75. The van der Waals surface area contributed by atoms with E-state index in [1.807, 2.05) is 0 Å². The molecule has 3 atom stereocenters. The topological polar surface area (TPSA) is 41.3 Å². The van der Waals surface area contributed by atoms with Crippen molar-refractivity contribution in [2.45, 2.75) is 63.1 Å². The van der Waals surface area contributed by atoms with Crippen LogP contribution in [0.15, 0.2) is 0 Å². The zero-order valence-corrected chi connectivity index (χ0v) is 10.9. The van der Waals surface area contributed by atoms with Gasteiger partial charge in [0.2, 0.25) is 0 Å². The van der Waals surface area contributed by atoms with Gasteiger partial charge in [-0.3, -0.25) is 11.3 Å². The van der Waals surface area contributed by atoms with E-state index in [0.29, 0.717) is 6.04 Å². The molecule has 2 bridgehead atoms. The molecule has 3 nitrogen and oxygen atoms in total. The zero-order chi connectivity index (χ0) is 12.3. The SMILES string of the molecule is C#CCCCC(NN)C1CC2CCC(C1)N2C. The Balaban J connectivity index is 1.86. The highest BCUT2D eigenvalue weighted by atomic mass is 15.2. The van der Waals surface area contributed by atoms with Crippen molar-refractivity contribution >= 4 is 0 Å². The number of unbranched alkanes of at least 4 members (excludes halogenated alkanes) is 1. The number of piperidine rings is 1. The molecule has 2 saturated heterocycles. The Kier molecular flexibility index (Phi) is 4.44. The van der Waals surface area contributed by atoms with Gasteiger partial charge in [0.25, 0.3) is 0 Å². The molecule has 0 aromatic carbocycles. The van der Waals surface area contributed by atoms with Crippen LogP contribution in [-0.4, -0.2) is 30.1 Å². The van der Waals surface area contributed by atoms with E-state index >= 15 is 0 Å². The minimum atomic E-state index is 0.458. The van der Waals surface area contributed by atoms with E-state index in [2.05, 4.69) is 23.3 Å². The second-order valence-electron chi connectivity index (χ2n) is 5.65. The second-order valence-corrected chi connectivity index (χ2v) is 5.65. The fourth-order valence-corrected chi connectivity index (χ4v) is 3.66. The number of rotatable bonds is 5. The number of hydrogen-bond donors (Lipinski definition) is 2. The molecule has 2 heterocycles. The first kappa shape index (κ1) is 12.9. The zero-order valence-electron chi connectivity index (χ0n) is 10.9. The van der Waals surface area contributed by atoms with Crippen molar-refractivity contribution in [3.05, 3.63) is 0 Å². The summed E-state index contributed by atoms with van der Waals surface area (Å²) in [6.07, 6.45) is 13.7. The lowest BCUT2D eigenvalue weighted by molar-refractivity contribution is 0.109. The number of nitrogens with one attached hydrogen (secondary N) is 1. The quantitative estimate of drug-likeness (QED) is 0.328. The molecular formula is C14H25N3. The highest BCUT2D eigenvalue weighted by Gasteiger charge is 2.40. The molecule has 3 N–H and O–H groups in total. The standard InChI is InChI=1S/C14H25N3/c1-3-4-5-6-14(16-15)11-9-12-7-8-13(10-11)17(12)2/h1,11-14,16H,4-10,15H2,2H3. The van der Waals surface area contributed by atoms with Crippen molar-refractivity contribution in [2.75, 3.05) is 7.05 Å². The molecule has 0 spiro atoms. The van der Waals surface area contributed by atoms with E-state index in [0.717, 1.165) is 37.3 Å². The fraction of sp³-hybridized carbons (Fsp3) is 0.857. The highest BCUT2D eigenvalue weighted by molar-refractivity contribution is 4.96. The Morgan fingerprint density at radius 2 is 2.06 bits per heavy atom. The molecule has 0 amide bonds. The lowest BCUT2D eigenvalue weighted by Crippen LogP contribution is -2.48. The highest BCUT2D eigenvalue weighted by Crippen LogP contribution is 2.39. The third kappa shape index (κ3) is 2.82. The lowest BCUT2D eigenvalue weighted by Gasteiger charge is -2.39. The van der Waals surface area contributed by atoms with E-state index < -0.39 is 0 Å². The normalized spacial score (nSPS) is 34.5. The summed E-state index contributed by atoms with van der Waals surface area (Å²) in [6, 6.07) is 2.05. The predicted molar refractivity (Wildman–Crippen MR) is 71.1 cm³/mol. The Bertz CT molecular complexity index is 270. The summed E-state index contributed by atoms with van der Waals surface area (Å²) in [5.41, 5.74) is 3.03. The summed E-state index contributed by atoms with van der Waals surface area (Å²) in [6.45, 7) is 0. The number of terminal acetylenes is 1. The third-order valence-electron chi connectivity index (χ3n) is 4.75. The van der Waals surface area contributed by atoms with Crippen LogP contribution in [0, 0.1) is 18.3 Å². The van der Waals surface area contributed by atoms with Crippen LogP contribution in [0.3, 0.4) is 0 Å².